The molecular weight excluding hydrogens is 374 g/mol. The SMILES string of the molecule is Clc1ccc(-n2cc3c(n2)N(c2ccccc2)C(c2ccccc2)S3)cc1. The van der Waals surface area contributed by atoms with Gasteiger partial charge in [-0.2, -0.15) is 0 Å². The Morgan fingerprint density at radius 3 is 2.15 bits per heavy atom. The number of hydrogen-bond acceptors (Lipinski definition) is 3. The summed E-state index contributed by atoms with van der Waals surface area (Å²) in [5.74, 6) is 0.981. The molecule has 5 rings (SSSR count). The number of rotatable bonds is 3. The van der Waals surface area contributed by atoms with E-state index in [4.69, 9.17) is 16.7 Å². The van der Waals surface area contributed by atoms with Crippen molar-refractivity contribution in [3.05, 3.63) is 102 Å². The molecule has 0 bridgehead atoms. The van der Waals surface area contributed by atoms with Gasteiger partial charge in [-0.3, -0.25) is 0 Å². The minimum Gasteiger partial charge on any atom is -0.307 e. The zero-order chi connectivity index (χ0) is 18.2. The summed E-state index contributed by atoms with van der Waals surface area (Å²) >= 11 is 7.85. The van der Waals surface area contributed by atoms with Crippen molar-refractivity contribution in [3.8, 4) is 5.69 Å². The van der Waals surface area contributed by atoms with Crippen molar-refractivity contribution >= 4 is 34.9 Å². The average molecular weight is 390 g/mol. The molecule has 1 aromatic heterocycles. The number of anilines is 2. The standard InChI is InChI=1S/C22H16ClN3S/c23-17-11-13-18(14-12-17)25-15-20-21(24-25)26(19-9-5-2-6-10-19)22(27-20)16-7-3-1-4-8-16/h1-15,22H. The van der Waals surface area contributed by atoms with Crippen molar-refractivity contribution in [2.75, 3.05) is 4.90 Å². The second kappa shape index (κ2) is 6.80. The molecule has 0 saturated heterocycles. The maximum Gasteiger partial charge on any atom is 0.170 e. The van der Waals surface area contributed by atoms with Crippen LogP contribution in [0.2, 0.25) is 5.02 Å². The predicted octanol–water partition coefficient (Wildman–Crippen LogP) is 6.47. The molecule has 1 unspecified atom stereocenters. The van der Waals surface area contributed by atoms with E-state index >= 15 is 0 Å². The summed E-state index contributed by atoms with van der Waals surface area (Å²) in [5, 5.41) is 5.80. The molecule has 1 aliphatic rings. The van der Waals surface area contributed by atoms with Crippen LogP contribution in [0.5, 0.6) is 0 Å². The summed E-state index contributed by atoms with van der Waals surface area (Å²) in [6.07, 6.45) is 2.10. The maximum atomic E-state index is 6.02. The average Bonchev–Trinajstić information content (AvgIpc) is 3.28. The van der Waals surface area contributed by atoms with E-state index < -0.39 is 0 Å². The van der Waals surface area contributed by atoms with Gasteiger partial charge in [-0.05, 0) is 42.0 Å². The highest BCUT2D eigenvalue weighted by Gasteiger charge is 2.35. The number of fused-ring (bicyclic) bond motifs is 1. The van der Waals surface area contributed by atoms with Crippen molar-refractivity contribution in [1.82, 2.24) is 9.78 Å². The number of halogens is 1. The quantitative estimate of drug-likeness (QED) is 0.400. The Hall–Kier alpha value is -2.69. The van der Waals surface area contributed by atoms with Crippen molar-refractivity contribution in [3.63, 3.8) is 0 Å². The van der Waals surface area contributed by atoms with Gasteiger partial charge in [0.25, 0.3) is 0 Å². The highest BCUT2D eigenvalue weighted by Crippen LogP contribution is 2.54. The lowest BCUT2D eigenvalue weighted by Crippen LogP contribution is -2.18. The van der Waals surface area contributed by atoms with Crippen LogP contribution in [0.3, 0.4) is 0 Å². The molecule has 2 heterocycles. The third-order valence-corrected chi connectivity index (χ3v) is 6.07. The van der Waals surface area contributed by atoms with Crippen molar-refractivity contribution in [2.45, 2.75) is 10.3 Å². The molecule has 1 aliphatic heterocycles. The van der Waals surface area contributed by atoms with Gasteiger partial charge in [-0.25, -0.2) is 4.68 Å². The zero-order valence-corrected chi connectivity index (χ0v) is 15.9. The van der Waals surface area contributed by atoms with Crippen molar-refractivity contribution in [1.29, 1.82) is 0 Å². The molecule has 27 heavy (non-hydrogen) atoms. The molecule has 5 heteroatoms. The van der Waals surface area contributed by atoms with Gasteiger partial charge < -0.3 is 4.90 Å². The number of thioether (sulfide) groups is 1. The first-order chi connectivity index (χ1) is 13.3. The summed E-state index contributed by atoms with van der Waals surface area (Å²) in [6.45, 7) is 0. The van der Waals surface area contributed by atoms with E-state index in [1.165, 1.54) is 10.5 Å². The van der Waals surface area contributed by atoms with Crippen LogP contribution in [0.4, 0.5) is 11.5 Å². The normalized spacial score (nSPS) is 15.7. The molecular formula is C22H16ClN3S. The van der Waals surface area contributed by atoms with Gasteiger partial charge in [0.15, 0.2) is 5.82 Å². The van der Waals surface area contributed by atoms with Gasteiger partial charge >= 0.3 is 0 Å². The molecule has 0 saturated carbocycles. The van der Waals surface area contributed by atoms with E-state index in [1.54, 1.807) is 0 Å². The summed E-state index contributed by atoms with van der Waals surface area (Å²) in [6, 6.07) is 28.7. The lowest BCUT2D eigenvalue weighted by atomic mass is 10.2. The lowest BCUT2D eigenvalue weighted by molar-refractivity contribution is 0.846. The van der Waals surface area contributed by atoms with E-state index in [2.05, 4.69) is 65.7 Å². The molecule has 0 spiro atoms. The first-order valence-electron chi connectivity index (χ1n) is 8.71. The van der Waals surface area contributed by atoms with Crippen LogP contribution in [-0.2, 0) is 0 Å². The molecule has 4 aromatic rings. The topological polar surface area (TPSA) is 21.1 Å². The van der Waals surface area contributed by atoms with Gasteiger partial charge in [-0.15, -0.1) is 5.10 Å². The molecule has 1 atom stereocenters. The second-order valence-corrected chi connectivity index (χ2v) is 7.88. The van der Waals surface area contributed by atoms with Crippen molar-refractivity contribution < 1.29 is 0 Å². The van der Waals surface area contributed by atoms with E-state index in [0.717, 1.165) is 22.2 Å². The van der Waals surface area contributed by atoms with Gasteiger partial charge in [0, 0.05) is 16.9 Å². The van der Waals surface area contributed by atoms with E-state index in [9.17, 15) is 0 Å². The molecule has 0 radical (unpaired) electrons. The fourth-order valence-electron chi connectivity index (χ4n) is 3.29. The molecule has 132 valence electrons. The smallest absolute Gasteiger partial charge is 0.170 e. The predicted molar refractivity (Wildman–Crippen MR) is 112 cm³/mol. The Balaban J connectivity index is 1.60. The zero-order valence-electron chi connectivity index (χ0n) is 14.4. The Morgan fingerprint density at radius 2 is 1.44 bits per heavy atom. The minimum atomic E-state index is 0.172. The maximum absolute atomic E-state index is 6.02. The van der Waals surface area contributed by atoms with Crippen LogP contribution in [0.25, 0.3) is 5.69 Å². The second-order valence-electron chi connectivity index (χ2n) is 6.32. The Morgan fingerprint density at radius 1 is 0.778 bits per heavy atom. The van der Waals surface area contributed by atoms with Crippen LogP contribution in [0.1, 0.15) is 10.9 Å². The van der Waals surface area contributed by atoms with E-state index in [0.29, 0.717) is 0 Å². The fraction of sp³-hybridized carbons (Fsp3) is 0.0455. The summed E-state index contributed by atoms with van der Waals surface area (Å²) < 4.78 is 1.92. The Kier molecular flexibility index (Phi) is 4.15. The van der Waals surface area contributed by atoms with Crippen molar-refractivity contribution in [2.24, 2.45) is 0 Å². The summed E-state index contributed by atoms with van der Waals surface area (Å²) in [4.78, 5) is 3.48. The number of hydrogen-bond donors (Lipinski definition) is 0. The molecule has 0 N–H and O–H groups in total. The Bertz CT molecular complexity index is 1060. The summed E-state index contributed by atoms with van der Waals surface area (Å²) in [5.41, 5.74) is 3.40. The first-order valence-corrected chi connectivity index (χ1v) is 9.97. The highest BCUT2D eigenvalue weighted by molar-refractivity contribution is 8.00. The molecule has 0 amide bonds. The molecule has 0 aliphatic carbocycles. The monoisotopic (exact) mass is 389 g/mol. The van der Waals surface area contributed by atoms with Crippen LogP contribution in [-0.4, -0.2) is 9.78 Å². The number of nitrogens with zero attached hydrogens (tertiary/aromatic N) is 3. The lowest BCUT2D eigenvalue weighted by Gasteiger charge is -2.26. The van der Waals surface area contributed by atoms with E-state index in [-0.39, 0.29) is 5.37 Å². The van der Waals surface area contributed by atoms with E-state index in [1.807, 2.05) is 46.8 Å². The highest BCUT2D eigenvalue weighted by atomic mass is 35.5. The van der Waals surface area contributed by atoms with Crippen LogP contribution >= 0.6 is 23.4 Å². The van der Waals surface area contributed by atoms with Crippen LogP contribution in [0, 0.1) is 0 Å². The minimum absolute atomic E-state index is 0.172. The number of aromatic nitrogens is 2. The summed E-state index contributed by atoms with van der Waals surface area (Å²) in [7, 11) is 0. The third kappa shape index (κ3) is 3.01. The van der Waals surface area contributed by atoms with Gasteiger partial charge in [0.2, 0.25) is 0 Å². The Labute approximate surface area is 167 Å². The fourth-order valence-corrected chi connectivity index (χ4v) is 4.68. The van der Waals surface area contributed by atoms with Gasteiger partial charge in [0.1, 0.15) is 5.37 Å². The molecule has 3 aromatic carbocycles. The van der Waals surface area contributed by atoms with Gasteiger partial charge in [0.05, 0.1) is 10.6 Å². The third-order valence-electron chi connectivity index (χ3n) is 4.57. The number of benzene rings is 3. The van der Waals surface area contributed by atoms with Crippen LogP contribution < -0.4 is 4.90 Å². The first kappa shape index (κ1) is 16.5. The largest absolute Gasteiger partial charge is 0.307 e. The molecule has 3 nitrogen and oxygen atoms in total. The van der Waals surface area contributed by atoms with Gasteiger partial charge in [-0.1, -0.05) is 71.9 Å². The number of para-hydroxylation sites is 1. The van der Waals surface area contributed by atoms with Crippen LogP contribution in [0.15, 0.2) is 96.0 Å². The molecule has 0 fully saturated rings.